The van der Waals surface area contributed by atoms with E-state index in [1.807, 2.05) is 20.8 Å². The van der Waals surface area contributed by atoms with Crippen LogP contribution in [-0.4, -0.2) is 53.4 Å². The minimum Gasteiger partial charge on any atom is -0.444 e. The maximum absolute atomic E-state index is 13.1. The van der Waals surface area contributed by atoms with Crippen LogP contribution in [0.1, 0.15) is 85.6 Å². The monoisotopic (exact) mass is 496 g/mol. The van der Waals surface area contributed by atoms with E-state index in [9.17, 15) is 19.2 Å². The third-order valence-electron chi connectivity index (χ3n) is 6.05. The molecule has 1 saturated heterocycles. The Balaban J connectivity index is 1.43. The van der Waals surface area contributed by atoms with Gasteiger partial charge in [-0.1, -0.05) is 32.1 Å². The van der Waals surface area contributed by atoms with Crippen LogP contribution >= 0.6 is 0 Å². The number of rotatable bonds is 9. The minimum atomic E-state index is -0.509. The first-order valence-electron chi connectivity index (χ1n) is 12.4. The van der Waals surface area contributed by atoms with Crippen LogP contribution in [0.15, 0.2) is 37.1 Å². The number of benzene rings is 1. The summed E-state index contributed by atoms with van der Waals surface area (Å²) in [5.74, 6) is -0.593. The first-order chi connectivity index (χ1) is 17.0. The van der Waals surface area contributed by atoms with Gasteiger partial charge in [0.2, 0.25) is 5.91 Å². The summed E-state index contributed by atoms with van der Waals surface area (Å²) in [7, 11) is 0. The van der Waals surface area contributed by atoms with Crippen LogP contribution in [0.4, 0.5) is 4.79 Å². The second-order valence-electron chi connectivity index (χ2n) is 10.1. The average Bonchev–Trinajstić information content (AvgIpc) is 3.04. The van der Waals surface area contributed by atoms with E-state index < -0.39 is 11.7 Å². The topological polar surface area (TPSA) is 117 Å². The van der Waals surface area contributed by atoms with Gasteiger partial charge in [-0.05, 0) is 52.2 Å². The van der Waals surface area contributed by atoms with Gasteiger partial charge in [0.25, 0.3) is 11.8 Å². The minimum absolute atomic E-state index is 0.109. The molecule has 9 heteroatoms. The number of hydrogen-bond donors (Lipinski definition) is 3. The average molecular weight is 497 g/mol. The Labute approximate surface area is 212 Å². The second kappa shape index (κ2) is 11.4. The number of amides is 4. The van der Waals surface area contributed by atoms with Crippen molar-refractivity contribution >= 4 is 29.5 Å². The van der Waals surface area contributed by atoms with Crippen molar-refractivity contribution in [2.75, 3.05) is 13.1 Å². The Hall–Kier alpha value is -3.62. The van der Waals surface area contributed by atoms with Crippen LogP contribution in [0.3, 0.4) is 0 Å². The maximum Gasteiger partial charge on any atom is 0.407 e. The van der Waals surface area contributed by atoms with Crippen molar-refractivity contribution in [3.8, 4) is 0 Å². The fourth-order valence-electron chi connectivity index (χ4n) is 4.29. The van der Waals surface area contributed by atoms with Crippen LogP contribution in [0.2, 0.25) is 0 Å². The Kier molecular flexibility index (Phi) is 8.55. The van der Waals surface area contributed by atoms with Crippen LogP contribution in [0.5, 0.6) is 0 Å². The Morgan fingerprint density at radius 3 is 2.36 bits per heavy atom. The summed E-state index contributed by atoms with van der Waals surface area (Å²) in [6.45, 7) is 14.5. The number of fused-ring (bicyclic) bond motifs is 1. The lowest BCUT2D eigenvalue weighted by Crippen LogP contribution is -2.45. The number of nitrogens with one attached hydrogen (secondary N) is 3. The summed E-state index contributed by atoms with van der Waals surface area (Å²) in [4.78, 5) is 50.6. The Morgan fingerprint density at radius 2 is 1.72 bits per heavy atom. The molecule has 4 amide bonds. The van der Waals surface area contributed by atoms with Gasteiger partial charge in [0, 0.05) is 42.0 Å². The molecule has 2 aliphatic heterocycles. The number of hydrogen-bond acceptors (Lipinski definition) is 5. The smallest absolute Gasteiger partial charge is 0.407 e. The molecule has 1 aromatic carbocycles. The van der Waals surface area contributed by atoms with Crippen LogP contribution < -0.4 is 16.0 Å². The van der Waals surface area contributed by atoms with E-state index in [0.29, 0.717) is 54.0 Å². The molecule has 0 radical (unpaired) electrons. The summed E-state index contributed by atoms with van der Waals surface area (Å²) in [5.41, 5.74) is 2.04. The van der Waals surface area contributed by atoms with Crippen LogP contribution in [0, 0.1) is 0 Å². The highest BCUT2D eigenvalue weighted by Gasteiger charge is 2.39. The highest BCUT2D eigenvalue weighted by Crippen LogP contribution is 2.36. The summed E-state index contributed by atoms with van der Waals surface area (Å²) in [5, 5.41) is 8.34. The van der Waals surface area contributed by atoms with Crippen LogP contribution in [-0.2, 0) is 9.53 Å². The first kappa shape index (κ1) is 27.0. The van der Waals surface area contributed by atoms with Gasteiger partial charge >= 0.3 is 6.09 Å². The molecule has 9 nitrogen and oxygen atoms in total. The zero-order valence-electron chi connectivity index (χ0n) is 21.4. The molecule has 2 heterocycles. The van der Waals surface area contributed by atoms with Gasteiger partial charge in [0.15, 0.2) is 0 Å². The molecular weight excluding hydrogens is 460 g/mol. The summed E-state index contributed by atoms with van der Waals surface area (Å²) in [6.07, 6.45) is 3.85. The van der Waals surface area contributed by atoms with Crippen molar-refractivity contribution in [2.24, 2.45) is 0 Å². The van der Waals surface area contributed by atoms with Gasteiger partial charge in [-0.2, -0.15) is 0 Å². The summed E-state index contributed by atoms with van der Waals surface area (Å²) in [6, 6.07) is 4.68. The molecule has 1 atom stereocenters. The lowest BCUT2D eigenvalue weighted by molar-refractivity contribution is -0.121. The largest absolute Gasteiger partial charge is 0.444 e. The molecule has 3 N–H and O–H groups in total. The number of nitrogens with zero attached hydrogens (tertiary/aromatic N) is 1. The molecule has 0 spiro atoms. The zero-order chi connectivity index (χ0) is 26.5. The fourth-order valence-corrected chi connectivity index (χ4v) is 4.29. The molecule has 0 bridgehead atoms. The van der Waals surface area contributed by atoms with Gasteiger partial charge in [-0.25, -0.2) is 4.79 Å². The van der Waals surface area contributed by atoms with Crippen molar-refractivity contribution in [3.05, 3.63) is 53.7 Å². The molecule has 194 valence electrons. The SMILES string of the molecule is C=C1NC(=O)CCC1N1C(=C)c2ccc(C(=O)NCCCCCCNC(=O)OC(C)(C)C)cc2C1=O. The normalized spacial score (nSPS) is 17.5. The fraction of sp³-hybridized carbons (Fsp3) is 0.481. The van der Waals surface area contributed by atoms with Gasteiger partial charge in [-0.3, -0.25) is 19.3 Å². The number of carbonyl (C=O) groups is 4. The summed E-state index contributed by atoms with van der Waals surface area (Å²) >= 11 is 0. The molecule has 36 heavy (non-hydrogen) atoms. The molecule has 1 unspecified atom stereocenters. The van der Waals surface area contributed by atoms with Crippen molar-refractivity contribution in [1.29, 1.82) is 0 Å². The van der Waals surface area contributed by atoms with Crippen molar-refractivity contribution in [2.45, 2.75) is 70.9 Å². The zero-order valence-corrected chi connectivity index (χ0v) is 21.4. The predicted octanol–water partition coefficient (Wildman–Crippen LogP) is 3.72. The predicted molar refractivity (Wildman–Crippen MR) is 137 cm³/mol. The van der Waals surface area contributed by atoms with E-state index in [1.165, 1.54) is 0 Å². The van der Waals surface area contributed by atoms with Crippen molar-refractivity contribution in [1.82, 2.24) is 20.9 Å². The molecular formula is C27H36N4O5. The first-order valence-corrected chi connectivity index (χ1v) is 12.4. The van der Waals surface area contributed by atoms with E-state index >= 15 is 0 Å². The Bertz CT molecular complexity index is 1070. The molecule has 0 aliphatic carbocycles. The van der Waals surface area contributed by atoms with Crippen molar-refractivity contribution < 1.29 is 23.9 Å². The van der Waals surface area contributed by atoms with E-state index in [-0.39, 0.29) is 23.8 Å². The molecule has 3 rings (SSSR count). The molecule has 0 aromatic heterocycles. The van der Waals surface area contributed by atoms with Gasteiger partial charge in [-0.15, -0.1) is 0 Å². The second-order valence-corrected chi connectivity index (χ2v) is 10.1. The molecule has 1 fully saturated rings. The highest BCUT2D eigenvalue weighted by atomic mass is 16.6. The number of piperidine rings is 1. The van der Waals surface area contributed by atoms with Gasteiger partial charge in [0.05, 0.1) is 11.6 Å². The quantitative estimate of drug-likeness (QED) is 0.451. The molecule has 1 aromatic rings. The highest BCUT2D eigenvalue weighted by molar-refractivity contribution is 6.11. The lowest BCUT2D eigenvalue weighted by atomic mass is 10.0. The van der Waals surface area contributed by atoms with Crippen LogP contribution in [0.25, 0.3) is 5.70 Å². The number of alkyl carbamates (subject to hydrolysis) is 1. The van der Waals surface area contributed by atoms with Gasteiger partial charge < -0.3 is 20.7 Å². The van der Waals surface area contributed by atoms with E-state index in [4.69, 9.17) is 4.74 Å². The van der Waals surface area contributed by atoms with E-state index in [2.05, 4.69) is 29.1 Å². The standard InChI is InChI=1S/C27H36N4O5/c1-17-22(12-13-23(32)30-17)31-18(2)20-11-10-19(16-21(20)25(31)34)24(33)28-14-8-6-7-9-15-29-26(35)36-27(3,4)5/h10-11,16,22H,1-2,6-9,12-15H2,3-5H3,(H,28,33)(H,29,35)(H,30,32). The summed E-state index contributed by atoms with van der Waals surface area (Å²) < 4.78 is 5.19. The van der Waals surface area contributed by atoms with E-state index in [1.54, 1.807) is 23.1 Å². The molecule has 2 aliphatic rings. The third kappa shape index (κ3) is 6.74. The number of unbranched alkanes of at least 4 members (excludes halogenated alkanes) is 3. The van der Waals surface area contributed by atoms with Gasteiger partial charge in [0.1, 0.15) is 5.60 Å². The number of carbonyl (C=O) groups excluding carboxylic acids is 4. The molecule has 0 saturated carbocycles. The number of ether oxygens (including phenoxy) is 1. The Morgan fingerprint density at radius 1 is 1.06 bits per heavy atom. The van der Waals surface area contributed by atoms with Crippen molar-refractivity contribution in [3.63, 3.8) is 0 Å². The maximum atomic E-state index is 13.1. The lowest BCUT2D eigenvalue weighted by Gasteiger charge is -2.33. The van der Waals surface area contributed by atoms with E-state index in [0.717, 1.165) is 25.7 Å². The third-order valence-corrected chi connectivity index (χ3v) is 6.05.